The normalized spacial score (nSPS) is 15.8. The Morgan fingerprint density at radius 3 is 2.56 bits per heavy atom. The van der Waals surface area contributed by atoms with Crippen LogP contribution >= 0.6 is 11.3 Å². The lowest BCUT2D eigenvalue weighted by Gasteiger charge is -2.22. The maximum atomic E-state index is 12.6. The van der Waals surface area contributed by atoms with Gasteiger partial charge in [-0.1, -0.05) is 42.5 Å². The number of piperidine rings is 1. The van der Waals surface area contributed by atoms with Crippen LogP contribution in [0.1, 0.15) is 40.2 Å². The molecule has 2 aromatic carbocycles. The highest BCUT2D eigenvalue weighted by atomic mass is 32.1. The molecule has 0 unspecified atom stereocenters. The first kappa shape index (κ1) is 17.9. The average molecular weight is 378 g/mol. The van der Waals surface area contributed by atoms with E-state index in [-0.39, 0.29) is 5.91 Å². The van der Waals surface area contributed by atoms with Gasteiger partial charge in [-0.3, -0.25) is 4.79 Å². The van der Waals surface area contributed by atoms with Crippen LogP contribution < -0.4 is 10.1 Å². The van der Waals surface area contributed by atoms with Crippen molar-refractivity contribution < 1.29 is 4.79 Å². The zero-order valence-electron chi connectivity index (χ0n) is 15.2. The number of benzene rings is 2. The number of carbonyl (C=O) groups excluding carboxylic acids is 1. The second-order valence-corrected chi connectivity index (χ2v) is 7.74. The molecule has 5 heteroatoms. The summed E-state index contributed by atoms with van der Waals surface area (Å²) in [6.07, 6.45) is 4.29. The Morgan fingerprint density at radius 2 is 1.81 bits per heavy atom. The molecule has 0 saturated carbocycles. The first-order valence-corrected chi connectivity index (χ1v) is 10.3. The fraction of sp³-hybridized carbons (Fsp3) is 0.273. The molecular weight excluding hydrogens is 354 g/mol. The van der Waals surface area contributed by atoms with Gasteiger partial charge in [0.25, 0.3) is 5.91 Å². The smallest absolute Gasteiger partial charge is 0.279 e. The molecule has 3 aromatic rings. The van der Waals surface area contributed by atoms with Crippen LogP contribution in [0.3, 0.4) is 0 Å². The number of carbonyl (C=O) groups is 1. The quantitative estimate of drug-likeness (QED) is 0.752. The molecule has 0 radical (unpaired) electrons. The highest BCUT2D eigenvalue weighted by Gasteiger charge is 2.15. The molecule has 2 heterocycles. The van der Waals surface area contributed by atoms with Gasteiger partial charge in [0.2, 0.25) is 0 Å². The molecule has 4 nitrogen and oxygen atoms in total. The predicted octanol–water partition coefficient (Wildman–Crippen LogP) is 3.81. The van der Waals surface area contributed by atoms with E-state index in [1.165, 1.54) is 22.5 Å². The van der Waals surface area contributed by atoms with Crippen molar-refractivity contribution >= 4 is 17.2 Å². The van der Waals surface area contributed by atoms with E-state index in [0.717, 1.165) is 30.7 Å². The Hall–Kier alpha value is -2.50. The van der Waals surface area contributed by atoms with Gasteiger partial charge in [0.05, 0.1) is 0 Å². The number of thiazole rings is 1. The molecule has 1 fully saturated rings. The molecule has 1 N–H and O–H groups in total. The Bertz CT molecular complexity index is 951. The van der Waals surface area contributed by atoms with E-state index in [4.69, 9.17) is 0 Å². The first-order valence-electron chi connectivity index (χ1n) is 9.37. The highest BCUT2D eigenvalue weighted by molar-refractivity contribution is 7.07. The molecular formula is C22H23N3OS. The number of aromatic nitrogens is 1. The summed E-state index contributed by atoms with van der Waals surface area (Å²) in [4.78, 5) is 17.7. The van der Waals surface area contributed by atoms with Crippen molar-refractivity contribution in [2.45, 2.75) is 25.3 Å². The van der Waals surface area contributed by atoms with Crippen molar-refractivity contribution in [3.63, 3.8) is 0 Å². The molecule has 0 atom stereocenters. The van der Waals surface area contributed by atoms with Crippen molar-refractivity contribution in [2.75, 3.05) is 13.1 Å². The third-order valence-electron chi connectivity index (χ3n) is 5.02. The summed E-state index contributed by atoms with van der Waals surface area (Å²) in [5, 5.41) is 5.36. The van der Waals surface area contributed by atoms with E-state index in [1.54, 1.807) is 0 Å². The minimum Gasteiger partial charge on any atom is -0.319 e. The summed E-state index contributed by atoms with van der Waals surface area (Å²) in [6, 6.07) is 18.2. The summed E-state index contributed by atoms with van der Waals surface area (Å²) < 4.78 is 2.02. The SMILES string of the molecule is O=C(N=c1sccn1Cc1ccccc1)c1ccc(C2CCNCC2)cc1. The summed E-state index contributed by atoms with van der Waals surface area (Å²) >= 11 is 1.49. The average Bonchev–Trinajstić information content (AvgIpc) is 3.16. The Labute approximate surface area is 163 Å². The molecule has 1 aromatic heterocycles. The predicted molar refractivity (Wildman–Crippen MR) is 109 cm³/mol. The molecule has 1 amide bonds. The van der Waals surface area contributed by atoms with Crippen molar-refractivity contribution in [1.82, 2.24) is 9.88 Å². The number of amides is 1. The number of rotatable bonds is 4. The lowest BCUT2D eigenvalue weighted by molar-refractivity contribution is 0.0997. The lowest BCUT2D eigenvalue weighted by atomic mass is 9.90. The lowest BCUT2D eigenvalue weighted by Crippen LogP contribution is -2.26. The van der Waals surface area contributed by atoms with Crippen LogP contribution in [0, 0.1) is 0 Å². The van der Waals surface area contributed by atoms with E-state index in [9.17, 15) is 4.79 Å². The number of hydrogen-bond donors (Lipinski definition) is 1. The van der Waals surface area contributed by atoms with Crippen LogP contribution in [0.5, 0.6) is 0 Å². The zero-order valence-corrected chi connectivity index (χ0v) is 16.0. The van der Waals surface area contributed by atoms with Crippen LogP contribution in [0.15, 0.2) is 71.2 Å². The van der Waals surface area contributed by atoms with Crippen LogP contribution in [0.25, 0.3) is 0 Å². The van der Waals surface area contributed by atoms with Gasteiger partial charge >= 0.3 is 0 Å². The molecule has 0 aliphatic carbocycles. The molecule has 1 aliphatic rings. The summed E-state index contributed by atoms with van der Waals surface area (Å²) in [6.45, 7) is 2.85. The van der Waals surface area contributed by atoms with E-state index in [0.29, 0.717) is 18.0 Å². The Morgan fingerprint density at radius 1 is 1.07 bits per heavy atom. The maximum absolute atomic E-state index is 12.6. The topological polar surface area (TPSA) is 46.4 Å². The van der Waals surface area contributed by atoms with Gasteiger partial charge in [0.15, 0.2) is 4.80 Å². The fourth-order valence-electron chi connectivity index (χ4n) is 3.49. The molecule has 0 spiro atoms. The van der Waals surface area contributed by atoms with Gasteiger partial charge in [-0.2, -0.15) is 4.99 Å². The maximum Gasteiger partial charge on any atom is 0.279 e. The minimum absolute atomic E-state index is 0.184. The van der Waals surface area contributed by atoms with Crippen molar-refractivity contribution in [3.05, 3.63) is 87.7 Å². The van der Waals surface area contributed by atoms with Crippen LogP contribution in [0.2, 0.25) is 0 Å². The van der Waals surface area contributed by atoms with Crippen molar-refractivity contribution in [3.8, 4) is 0 Å². The molecule has 27 heavy (non-hydrogen) atoms. The van der Waals surface area contributed by atoms with Gasteiger partial charge < -0.3 is 9.88 Å². The zero-order chi connectivity index (χ0) is 18.5. The monoisotopic (exact) mass is 377 g/mol. The second kappa shape index (κ2) is 8.46. The van der Waals surface area contributed by atoms with Gasteiger partial charge in [-0.05, 0) is 55.1 Å². The third kappa shape index (κ3) is 4.43. The van der Waals surface area contributed by atoms with Crippen molar-refractivity contribution in [2.24, 2.45) is 4.99 Å². The number of hydrogen-bond acceptors (Lipinski definition) is 3. The standard InChI is InChI=1S/C22H23N3OS/c26-21(20-8-6-18(7-9-20)19-10-12-23-13-11-19)24-22-25(14-15-27-22)16-17-4-2-1-3-5-17/h1-9,14-15,19,23H,10-13,16H2. The number of nitrogens with zero attached hydrogens (tertiary/aromatic N) is 2. The van der Waals surface area contributed by atoms with E-state index in [1.807, 2.05) is 46.5 Å². The van der Waals surface area contributed by atoms with E-state index in [2.05, 4.69) is 34.6 Å². The van der Waals surface area contributed by atoms with Gasteiger partial charge in [-0.25, -0.2) is 0 Å². The fourth-order valence-corrected chi connectivity index (χ4v) is 4.22. The van der Waals surface area contributed by atoms with Gasteiger partial charge in [-0.15, -0.1) is 11.3 Å². The first-order chi connectivity index (χ1) is 13.3. The third-order valence-corrected chi connectivity index (χ3v) is 5.82. The highest BCUT2D eigenvalue weighted by Crippen LogP contribution is 2.25. The van der Waals surface area contributed by atoms with E-state index < -0.39 is 0 Å². The molecule has 1 saturated heterocycles. The summed E-state index contributed by atoms with van der Waals surface area (Å²) in [5.74, 6) is 0.411. The molecule has 1 aliphatic heterocycles. The summed E-state index contributed by atoms with van der Waals surface area (Å²) in [7, 11) is 0. The Kier molecular flexibility index (Phi) is 5.61. The van der Waals surface area contributed by atoms with E-state index >= 15 is 0 Å². The Balaban J connectivity index is 1.51. The molecule has 4 rings (SSSR count). The second-order valence-electron chi connectivity index (χ2n) is 6.86. The summed E-state index contributed by atoms with van der Waals surface area (Å²) in [5.41, 5.74) is 3.16. The van der Waals surface area contributed by atoms with Gasteiger partial charge in [0.1, 0.15) is 0 Å². The van der Waals surface area contributed by atoms with Gasteiger partial charge in [0, 0.05) is 23.7 Å². The largest absolute Gasteiger partial charge is 0.319 e. The van der Waals surface area contributed by atoms with Crippen LogP contribution in [-0.2, 0) is 6.54 Å². The van der Waals surface area contributed by atoms with Crippen LogP contribution in [-0.4, -0.2) is 23.6 Å². The number of nitrogens with one attached hydrogen (secondary N) is 1. The minimum atomic E-state index is -0.184. The molecule has 138 valence electrons. The van der Waals surface area contributed by atoms with Crippen LogP contribution in [0.4, 0.5) is 0 Å². The van der Waals surface area contributed by atoms with Crippen molar-refractivity contribution in [1.29, 1.82) is 0 Å². The molecule has 0 bridgehead atoms.